The summed E-state index contributed by atoms with van der Waals surface area (Å²) < 4.78 is 1.14. The van der Waals surface area contributed by atoms with Crippen LogP contribution in [0.25, 0.3) is 11.5 Å². The Labute approximate surface area is 126 Å². The molecule has 19 heavy (non-hydrogen) atoms. The maximum atomic E-state index is 4.73. The second-order valence-corrected chi connectivity index (χ2v) is 5.86. The van der Waals surface area contributed by atoms with Gasteiger partial charge in [0.15, 0.2) is 5.82 Å². The van der Waals surface area contributed by atoms with Gasteiger partial charge in [-0.3, -0.25) is 0 Å². The molecule has 0 radical (unpaired) electrons. The van der Waals surface area contributed by atoms with Crippen molar-refractivity contribution in [3.63, 3.8) is 0 Å². The van der Waals surface area contributed by atoms with Gasteiger partial charge in [0.25, 0.3) is 0 Å². The van der Waals surface area contributed by atoms with Crippen LogP contribution in [-0.4, -0.2) is 22.0 Å². The molecule has 2 aromatic heterocycles. The number of pyridine rings is 1. The van der Waals surface area contributed by atoms with E-state index >= 15 is 0 Å². The van der Waals surface area contributed by atoms with Gasteiger partial charge in [-0.1, -0.05) is 6.07 Å². The molecule has 1 aliphatic rings. The second kappa shape index (κ2) is 5.03. The zero-order valence-electron chi connectivity index (χ0n) is 10.9. The van der Waals surface area contributed by atoms with E-state index in [1.54, 1.807) is 0 Å². The molecule has 0 unspecified atom stereocenters. The molecule has 1 N–H and O–H groups in total. The van der Waals surface area contributed by atoms with Crippen molar-refractivity contribution in [2.75, 3.05) is 12.4 Å². The van der Waals surface area contributed by atoms with Gasteiger partial charge >= 0.3 is 0 Å². The van der Waals surface area contributed by atoms with Crippen LogP contribution in [0.1, 0.15) is 30.1 Å². The predicted molar refractivity (Wildman–Crippen MR) is 84.2 cm³/mol. The highest BCUT2D eigenvalue weighted by molar-refractivity contribution is 14.1. The van der Waals surface area contributed by atoms with Gasteiger partial charge in [-0.05, 0) is 54.5 Å². The smallest absolute Gasteiger partial charge is 0.180 e. The van der Waals surface area contributed by atoms with E-state index in [1.807, 2.05) is 32.2 Å². The standard InChI is InChI=1S/C14H15IN4/c1-8-4-3-5-10(17-8)13-18-12(9-6-7-9)11(15)14(16-2)19-13/h3-5,9H,6-7H2,1-2H3,(H,16,18,19). The first-order valence-electron chi connectivity index (χ1n) is 6.38. The molecule has 0 aliphatic heterocycles. The van der Waals surface area contributed by atoms with Gasteiger partial charge in [0.05, 0.1) is 9.26 Å². The van der Waals surface area contributed by atoms with Crippen LogP contribution in [0.2, 0.25) is 0 Å². The molecule has 2 aromatic rings. The largest absolute Gasteiger partial charge is 0.372 e. The highest BCUT2D eigenvalue weighted by atomic mass is 127. The Morgan fingerprint density at radius 2 is 2.00 bits per heavy atom. The lowest BCUT2D eigenvalue weighted by molar-refractivity contribution is 0.970. The van der Waals surface area contributed by atoms with Gasteiger partial charge in [-0.15, -0.1) is 0 Å². The van der Waals surface area contributed by atoms with Crippen molar-refractivity contribution in [1.29, 1.82) is 0 Å². The van der Waals surface area contributed by atoms with Gasteiger partial charge in [-0.2, -0.15) is 0 Å². The Balaban J connectivity index is 2.13. The van der Waals surface area contributed by atoms with E-state index in [0.29, 0.717) is 5.92 Å². The summed E-state index contributed by atoms with van der Waals surface area (Å²) in [6, 6.07) is 5.94. The highest BCUT2D eigenvalue weighted by Crippen LogP contribution is 2.42. The topological polar surface area (TPSA) is 50.7 Å². The van der Waals surface area contributed by atoms with Crippen molar-refractivity contribution in [3.8, 4) is 11.5 Å². The maximum Gasteiger partial charge on any atom is 0.180 e. The molecule has 0 amide bonds. The maximum absolute atomic E-state index is 4.73. The molecule has 98 valence electrons. The molecule has 0 atom stereocenters. The van der Waals surface area contributed by atoms with E-state index in [0.717, 1.165) is 26.6 Å². The average Bonchev–Trinajstić information content (AvgIpc) is 3.23. The summed E-state index contributed by atoms with van der Waals surface area (Å²) in [4.78, 5) is 13.8. The Hall–Kier alpha value is -1.24. The third-order valence-corrected chi connectivity index (χ3v) is 4.26. The van der Waals surface area contributed by atoms with Crippen LogP contribution in [0.5, 0.6) is 0 Å². The third kappa shape index (κ3) is 2.56. The minimum absolute atomic E-state index is 0.602. The summed E-state index contributed by atoms with van der Waals surface area (Å²) in [5, 5.41) is 3.16. The van der Waals surface area contributed by atoms with E-state index in [-0.39, 0.29) is 0 Å². The molecule has 4 nitrogen and oxygen atoms in total. The zero-order chi connectivity index (χ0) is 13.4. The van der Waals surface area contributed by atoms with E-state index in [4.69, 9.17) is 4.98 Å². The summed E-state index contributed by atoms with van der Waals surface area (Å²) in [6.45, 7) is 1.98. The van der Waals surface area contributed by atoms with Crippen molar-refractivity contribution in [2.45, 2.75) is 25.7 Å². The number of hydrogen-bond acceptors (Lipinski definition) is 4. The molecule has 1 saturated carbocycles. The van der Waals surface area contributed by atoms with Crippen LogP contribution in [0.15, 0.2) is 18.2 Å². The summed E-state index contributed by atoms with van der Waals surface area (Å²) >= 11 is 2.33. The lowest BCUT2D eigenvalue weighted by Gasteiger charge is -2.10. The SMILES string of the molecule is CNc1nc(-c2cccc(C)n2)nc(C2CC2)c1I. The van der Waals surface area contributed by atoms with E-state index < -0.39 is 0 Å². The minimum atomic E-state index is 0.602. The molecule has 2 heterocycles. The van der Waals surface area contributed by atoms with Gasteiger partial charge in [0.1, 0.15) is 11.5 Å². The van der Waals surface area contributed by atoms with Gasteiger partial charge < -0.3 is 5.32 Å². The van der Waals surface area contributed by atoms with Gasteiger partial charge in [0.2, 0.25) is 0 Å². The van der Waals surface area contributed by atoms with Crippen molar-refractivity contribution in [2.24, 2.45) is 0 Å². The normalized spacial score (nSPS) is 14.5. The van der Waals surface area contributed by atoms with Gasteiger partial charge in [0, 0.05) is 18.7 Å². The number of nitrogens with one attached hydrogen (secondary N) is 1. The first kappa shape index (κ1) is 12.8. The fraction of sp³-hybridized carbons (Fsp3) is 0.357. The van der Waals surface area contributed by atoms with Crippen molar-refractivity contribution in [1.82, 2.24) is 15.0 Å². The van der Waals surface area contributed by atoms with Gasteiger partial charge in [-0.25, -0.2) is 15.0 Å². The van der Waals surface area contributed by atoms with Crippen LogP contribution >= 0.6 is 22.6 Å². The highest BCUT2D eigenvalue weighted by Gasteiger charge is 2.29. The molecule has 5 heteroatoms. The fourth-order valence-corrected chi connectivity index (χ4v) is 2.99. The Kier molecular flexibility index (Phi) is 3.38. The number of aromatic nitrogens is 3. The minimum Gasteiger partial charge on any atom is -0.372 e. The van der Waals surface area contributed by atoms with Crippen LogP contribution in [0.4, 0.5) is 5.82 Å². The Bertz CT molecular complexity index is 623. The molecular formula is C14H15IN4. The summed E-state index contributed by atoms with van der Waals surface area (Å²) in [5.74, 6) is 2.22. The van der Waals surface area contributed by atoms with Crippen molar-refractivity contribution >= 4 is 28.4 Å². The number of hydrogen-bond donors (Lipinski definition) is 1. The first-order chi connectivity index (χ1) is 9.19. The van der Waals surface area contributed by atoms with Crippen LogP contribution in [0.3, 0.4) is 0 Å². The monoisotopic (exact) mass is 366 g/mol. The van der Waals surface area contributed by atoms with Crippen molar-refractivity contribution in [3.05, 3.63) is 33.2 Å². The van der Waals surface area contributed by atoms with Crippen LogP contribution < -0.4 is 5.32 Å². The quantitative estimate of drug-likeness (QED) is 0.847. The molecular weight excluding hydrogens is 351 g/mol. The van der Waals surface area contributed by atoms with E-state index in [9.17, 15) is 0 Å². The Morgan fingerprint density at radius 1 is 1.21 bits per heavy atom. The number of nitrogens with zero attached hydrogens (tertiary/aromatic N) is 3. The summed E-state index contributed by atoms with van der Waals surface area (Å²) in [7, 11) is 1.90. The number of halogens is 1. The van der Waals surface area contributed by atoms with Crippen LogP contribution in [0, 0.1) is 10.5 Å². The molecule has 0 spiro atoms. The molecule has 1 aliphatic carbocycles. The summed E-state index contributed by atoms with van der Waals surface area (Å²) in [6.07, 6.45) is 2.47. The number of rotatable bonds is 3. The summed E-state index contributed by atoms with van der Waals surface area (Å²) in [5.41, 5.74) is 2.99. The molecule has 0 saturated heterocycles. The number of aryl methyl sites for hydroxylation is 1. The molecule has 0 bridgehead atoms. The predicted octanol–water partition coefficient (Wildman–Crippen LogP) is 3.37. The Morgan fingerprint density at radius 3 is 2.63 bits per heavy atom. The van der Waals surface area contributed by atoms with E-state index in [2.05, 4.69) is 37.9 Å². The third-order valence-electron chi connectivity index (χ3n) is 3.20. The zero-order valence-corrected chi connectivity index (χ0v) is 13.1. The lowest BCUT2D eigenvalue weighted by atomic mass is 10.2. The molecule has 1 fully saturated rings. The molecule has 0 aromatic carbocycles. The van der Waals surface area contributed by atoms with Crippen molar-refractivity contribution < 1.29 is 0 Å². The molecule has 3 rings (SSSR count). The fourth-order valence-electron chi connectivity index (χ4n) is 2.04. The second-order valence-electron chi connectivity index (χ2n) is 4.78. The van der Waals surface area contributed by atoms with Crippen LogP contribution in [-0.2, 0) is 0 Å². The first-order valence-corrected chi connectivity index (χ1v) is 7.46. The lowest BCUT2D eigenvalue weighted by Crippen LogP contribution is -2.05. The van der Waals surface area contributed by atoms with E-state index in [1.165, 1.54) is 18.5 Å². The average molecular weight is 366 g/mol. The number of anilines is 1.